The predicted molar refractivity (Wildman–Crippen MR) is 233 cm³/mol. The van der Waals surface area contributed by atoms with Crippen molar-refractivity contribution in [2.75, 3.05) is 39.9 Å². The van der Waals surface area contributed by atoms with Crippen molar-refractivity contribution in [3.63, 3.8) is 0 Å². The van der Waals surface area contributed by atoms with Gasteiger partial charge in [0.05, 0.1) is 63.1 Å². The Morgan fingerprint density at radius 1 is 0.831 bits per heavy atom. The van der Waals surface area contributed by atoms with E-state index in [9.17, 15) is 9.59 Å². The standard InChI is InChI=1S/C47H51N5O7/c1-29-20-32(30-10-14-34(15-11-30)50-47(2,3)4)27-51(29)45(53)37-22-41(56-7)43(24-39(37)48-5)58-18-9-19-59-44-25-40-38(23-42(44)57-8)46(54)52-28-33(21-35(52)26-49-40)31-12-16-36(55-6)17-13-31/h10-17,22-29,35,50H,5,9,18-21H2,1-4,6-8H3/t29-,35+/m1/s1. The number of ether oxygens (including phenoxy) is 5. The van der Waals surface area contributed by atoms with Crippen LogP contribution in [0, 0.1) is 0 Å². The van der Waals surface area contributed by atoms with Crippen LogP contribution >= 0.6 is 0 Å². The summed E-state index contributed by atoms with van der Waals surface area (Å²) in [5, 5.41) is 3.49. The summed E-state index contributed by atoms with van der Waals surface area (Å²) >= 11 is 0. The number of methoxy groups -OCH3 is 3. The fraction of sp³-hybridized carbons (Fsp3) is 0.319. The number of fused-ring (bicyclic) bond motifs is 2. The first-order valence-corrected chi connectivity index (χ1v) is 19.7. The molecule has 3 aliphatic heterocycles. The summed E-state index contributed by atoms with van der Waals surface area (Å²) in [7, 11) is 4.71. The quantitative estimate of drug-likeness (QED) is 0.0990. The van der Waals surface area contributed by atoms with Gasteiger partial charge < -0.3 is 38.8 Å². The number of rotatable bonds is 14. The largest absolute Gasteiger partial charge is 0.497 e. The lowest BCUT2D eigenvalue weighted by Gasteiger charge is -2.22. The van der Waals surface area contributed by atoms with Crippen LogP contribution in [-0.4, -0.2) is 86.7 Å². The summed E-state index contributed by atoms with van der Waals surface area (Å²) in [6.45, 7) is 12.7. The highest BCUT2D eigenvalue weighted by Crippen LogP contribution is 2.41. The van der Waals surface area contributed by atoms with E-state index in [0.29, 0.717) is 58.3 Å². The van der Waals surface area contributed by atoms with Crippen molar-refractivity contribution in [2.45, 2.75) is 64.6 Å². The van der Waals surface area contributed by atoms with E-state index in [1.165, 1.54) is 7.11 Å². The summed E-state index contributed by atoms with van der Waals surface area (Å²) in [5.41, 5.74) is 6.93. The number of aliphatic imine (C=N–C) groups is 2. The van der Waals surface area contributed by atoms with Gasteiger partial charge in [-0.1, -0.05) is 24.3 Å². The minimum atomic E-state index is -0.209. The lowest BCUT2D eigenvalue weighted by molar-refractivity contribution is 0.0792. The minimum absolute atomic E-state index is 0.0419. The summed E-state index contributed by atoms with van der Waals surface area (Å²) in [4.78, 5) is 40.1. The Bertz CT molecular complexity index is 2330. The smallest absolute Gasteiger partial charge is 0.260 e. The zero-order valence-electron chi connectivity index (χ0n) is 34.7. The van der Waals surface area contributed by atoms with E-state index in [1.54, 1.807) is 48.3 Å². The number of amides is 2. The Hall–Kier alpha value is -6.56. The first-order chi connectivity index (χ1) is 28.4. The van der Waals surface area contributed by atoms with Crippen molar-refractivity contribution in [3.8, 4) is 28.7 Å². The van der Waals surface area contributed by atoms with Crippen LogP contribution in [-0.2, 0) is 0 Å². The molecule has 7 rings (SSSR count). The van der Waals surface area contributed by atoms with Gasteiger partial charge in [-0.15, -0.1) is 0 Å². The number of hydrogen-bond donors (Lipinski definition) is 1. The summed E-state index contributed by atoms with van der Waals surface area (Å²) in [5.74, 6) is 2.14. The number of hydrogen-bond acceptors (Lipinski definition) is 10. The van der Waals surface area contributed by atoms with Crippen LogP contribution in [0.2, 0.25) is 0 Å². The number of carbonyl (C=O) groups is 2. The molecule has 0 saturated carbocycles. The number of anilines is 1. The Labute approximate surface area is 345 Å². The van der Waals surface area contributed by atoms with Crippen LogP contribution in [0.25, 0.3) is 11.1 Å². The summed E-state index contributed by atoms with van der Waals surface area (Å²) in [6, 6.07) is 22.6. The lowest BCUT2D eigenvalue weighted by Crippen LogP contribution is -2.32. The van der Waals surface area contributed by atoms with Gasteiger partial charge in [-0.25, -0.2) is 0 Å². The second-order valence-electron chi connectivity index (χ2n) is 15.8. The van der Waals surface area contributed by atoms with Gasteiger partial charge in [0.1, 0.15) is 5.75 Å². The third-order valence-corrected chi connectivity index (χ3v) is 10.5. The molecule has 3 aliphatic rings. The van der Waals surface area contributed by atoms with Crippen molar-refractivity contribution in [1.29, 1.82) is 0 Å². The zero-order chi connectivity index (χ0) is 41.8. The summed E-state index contributed by atoms with van der Waals surface area (Å²) in [6.07, 6.45) is 7.50. The SMILES string of the molecule is C=Nc1cc(OCCCOc2cc3c(cc2OC)C(=O)N2C=C(c4ccc(OC)cc4)C[C@H]2C=N3)c(OC)cc1C(=O)N1C=C(c2ccc(NC(C)(C)C)cc2)C[C@H]1C. The van der Waals surface area contributed by atoms with Gasteiger partial charge in [0, 0.05) is 60.9 Å². The van der Waals surface area contributed by atoms with E-state index in [0.717, 1.165) is 40.1 Å². The van der Waals surface area contributed by atoms with Crippen LogP contribution in [0.15, 0.2) is 95.2 Å². The second kappa shape index (κ2) is 17.1. The third kappa shape index (κ3) is 8.81. The average molecular weight is 798 g/mol. The lowest BCUT2D eigenvalue weighted by atomic mass is 10.0. The van der Waals surface area contributed by atoms with Gasteiger partial charge in [0.2, 0.25) is 0 Å². The molecule has 4 aromatic rings. The fourth-order valence-corrected chi connectivity index (χ4v) is 7.48. The van der Waals surface area contributed by atoms with E-state index in [2.05, 4.69) is 62.1 Å². The molecule has 0 bridgehead atoms. The molecule has 0 aliphatic carbocycles. The van der Waals surface area contributed by atoms with Gasteiger partial charge in [-0.2, -0.15) is 0 Å². The van der Waals surface area contributed by atoms with E-state index < -0.39 is 0 Å². The van der Waals surface area contributed by atoms with Crippen LogP contribution in [0.1, 0.15) is 78.8 Å². The minimum Gasteiger partial charge on any atom is -0.497 e. The van der Waals surface area contributed by atoms with Gasteiger partial charge in [-0.05, 0) is 99.5 Å². The molecule has 0 radical (unpaired) electrons. The highest BCUT2D eigenvalue weighted by atomic mass is 16.5. The first kappa shape index (κ1) is 40.6. The van der Waals surface area contributed by atoms with Gasteiger partial charge in [0.15, 0.2) is 23.0 Å². The van der Waals surface area contributed by atoms with Gasteiger partial charge >= 0.3 is 0 Å². The van der Waals surface area contributed by atoms with Crippen molar-refractivity contribution in [1.82, 2.24) is 9.80 Å². The van der Waals surface area contributed by atoms with Crippen LogP contribution in [0.3, 0.4) is 0 Å². The molecule has 0 spiro atoms. The molecule has 306 valence electrons. The highest BCUT2D eigenvalue weighted by Gasteiger charge is 2.34. The number of nitrogens with zero attached hydrogens (tertiary/aromatic N) is 4. The number of nitrogens with one attached hydrogen (secondary N) is 1. The Morgan fingerprint density at radius 2 is 1.46 bits per heavy atom. The zero-order valence-corrected chi connectivity index (χ0v) is 34.7. The van der Waals surface area contributed by atoms with E-state index in [4.69, 9.17) is 28.7 Å². The van der Waals surface area contributed by atoms with Crippen molar-refractivity contribution in [3.05, 3.63) is 107 Å². The Kier molecular flexibility index (Phi) is 11.8. The number of carbonyl (C=O) groups excluding carboxylic acids is 2. The van der Waals surface area contributed by atoms with Crippen LogP contribution in [0.4, 0.5) is 17.1 Å². The molecule has 0 aromatic heterocycles. The molecule has 59 heavy (non-hydrogen) atoms. The fourth-order valence-electron chi connectivity index (χ4n) is 7.48. The Morgan fingerprint density at radius 3 is 2.08 bits per heavy atom. The molecule has 3 heterocycles. The third-order valence-electron chi connectivity index (χ3n) is 10.5. The van der Waals surface area contributed by atoms with E-state index in [1.807, 2.05) is 49.8 Å². The molecule has 4 aromatic carbocycles. The molecule has 12 heteroatoms. The normalized spacial score (nSPS) is 17.0. The molecule has 2 amide bonds. The van der Waals surface area contributed by atoms with Gasteiger partial charge in [-0.3, -0.25) is 19.6 Å². The molecular weight excluding hydrogens is 747 g/mol. The second-order valence-corrected chi connectivity index (χ2v) is 15.8. The van der Waals surface area contributed by atoms with Crippen molar-refractivity contribution in [2.24, 2.45) is 9.98 Å². The van der Waals surface area contributed by atoms with Gasteiger partial charge in [0.25, 0.3) is 11.8 Å². The Balaban J connectivity index is 0.979. The van der Waals surface area contributed by atoms with Crippen LogP contribution in [0.5, 0.6) is 28.7 Å². The molecule has 2 atom stereocenters. The van der Waals surface area contributed by atoms with E-state index in [-0.39, 0.29) is 42.7 Å². The first-order valence-electron chi connectivity index (χ1n) is 19.7. The van der Waals surface area contributed by atoms with Crippen LogP contribution < -0.4 is 29.0 Å². The average Bonchev–Trinajstić information content (AvgIpc) is 3.82. The molecular formula is C47H51N5O7. The number of benzene rings is 4. The molecule has 0 saturated heterocycles. The summed E-state index contributed by atoms with van der Waals surface area (Å²) < 4.78 is 28.9. The monoisotopic (exact) mass is 797 g/mol. The molecule has 12 nitrogen and oxygen atoms in total. The van der Waals surface area contributed by atoms with Crippen molar-refractivity contribution < 1.29 is 33.3 Å². The van der Waals surface area contributed by atoms with Crippen molar-refractivity contribution >= 4 is 53.0 Å². The highest BCUT2D eigenvalue weighted by molar-refractivity contribution is 6.05. The predicted octanol–water partition coefficient (Wildman–Crippen LogP) is 9.35. The molecule has 1 N–H and O–H groups in total. The maximum atomic E-state index is 14.0. The van der Waals surface area contributed by atoms with E-state index >= 15 is 0 Å². The topological polar surface area (TPSA) is 124 Å². The molecule has 0 unspecified atom stereocenters. The molecule has 0 fully saturated rings. The maximum absolute atomic E-state index is 14.0. The maximum Gasteiger partial charge on any atom is 0.260 e.